The zero-order valence-corrected chi connectivity index (χ0v) is 19.7. The molecule has 0 aliphatic carbocycles. The lowest BCUT2D eigenvalue weighted by Crippen LogP contribution is -2.41. The molecule has 0 saturated heterocycles. The summed E-state index contributed by atoms with van der Waals surface area (Å²) in [5.41, 5.74) is 5.20. The number of carbonyl (C=O) groups is 3. The van der Waals surface area contributed by atoms with E-state index in [0.717, 1.165) is 18.7 Å². The lowest BCUT2D eigenvalue weighted by molar-refractivity contribution is -0.141. The molecule has 2 aromatic rings. The predicted molar refractivity (Wildman–Crippen MR) is 121 cm³/mol. The quantitative estimate of drug-likeness (QED) is 0.385. The van der Waals surface area contributed by atoms with Gasteiger partial charge in [-0.2, -0.15) is 0 Å². The molecule has 2 atom stereocenters. The largest absolute Gasteiger partial charge is 0.480 e. The van der Waals surface area contributed by atoms with Crippen LogP contribution in [-0.2, 0) is 16.0 Å². The monoisotopic (exact) mass is 482 g/mol. The highest BCUT2D eigenvalue weighted by Gasteiger charge is 2.19. The highest BCUT2D eigenvalue weighted by Crippen LogP contribution is 2.13. The van der Waals surface area contributed by atoms with Crippen molar-refractivity contribution in [1.29, 1.82) is 0 Å². The number of nitrogens with two attached hydrogens (primary N) is 1. The van der Waals surface area contributed by atoms with E-state index in [0.29, 0.717) is 30.6 Å². The van der Waals surface area contributed by atoms with Gasteiger partial charge in [-0.05, 0) is 43.5 Å². The van der Waals surface area contributed by atoms with E-state index in [1.165, 1.54) is 6.20 Å². The number of hydrogen-bond donors (Lipinski definition) is 4. The lowest BCUT2D eigenvalue weighted by atomic mass is 10.1. The van der Waals surface area contributed by atoms with Crippen molar-refractivity contribution in [3.8, 4) is 0 Å². The maximum absolute atomic E-state index is 12.9. The Kier molecular flexibility index (Phi) is 11.8. The zero-order chi connectivity index (χ0) is 25.8. The van der Waals surface area contributed by atoms with E-state index in [-0.39, 0.29) is 23.9 Å². The van der Waals surface area contributed by atoms with E-state index in [2.05, 4.69) is 29.5 Å². The van der Waals surface area contributed by atoms with Gasteiger partial charge in [-0.1, -0.05) is 27.2 Å². The molecule has 2 unspecified atom stereocenters. The fraction of sp³-hybridized carbons (Fsp3) is 0.478. The van der Waals surface area contributed by atoms with Crippen molar-refractivity contribution >= 4 is 17.8 Å². The van der Waals surface area contributed by atoms with Crippen molar-refractivity contribution in [2.45, 2.75) is 59.0 Å². The van der Waals surface area contributed by atoms with Crippen LogP contribution in [0.3, 0.4) is 0 Å². The molecule has 2 rings (SSSR count). The summed E-state index contributed by atoms with van der Waals surface area (Å²) in [5.74, 6) is -2.74. The number of primary amides is 1. The Hall–Kier alpha value is -3.34. The summed E-state index contributed by atoms with van der Waals surface area (Å²) in [4.78, 5) is 37.0. The van der Waals surface area contributed by atoms with Crippen molar-refractivity contribution in [2.24, 2.45) is 11.7 Å². The lowest BCUT2D eigenvalue weighted by Gasteiger charge is -2.13. The van der Waals surface area contributed by atoms with E-state index in [1.54, 1.807) is 6.92 Å². The Morgan fingerprint density at radius 1 is 1.15 bits per heavy atom. The van der Waals surface area contributed by atoms with Gasteiger partial charge >= 0.3 is 11.9 Å². The number of aliphatic carboxylic acids is 1. The number of aromatic nitrogens is 1. The smallest absolute Gasteiger partial charge is 0.326 e. The first-order valence-corrected chi connectivity index (χ1v) is 10.9. The molecule has 0 bridgehead atoms. The average Bonchev–Trinajstić information content (AvgIpc) is 3.22. The van der Waals surface area contributed by atoms with Gasteiger partial charge in [0.2, 0.25) is 5.91 Å². The van der Waals surface area contributed by atoms with Gasteiger partial charge < -0.3 is 25.9 Å². The molecule has 0 saturated carbocycles. The second kappa shape index (κ2) is 14.0. The normalized spacial score (nSPS) is 12.4. The Balaban J connectivity index is 0.000000350. The van der Waals surface area contributed by atoms with Gasteiger partial charge in [0, 0.05) is 6.07 Å². The van der Waals surface area contributed by atoms with Gasteiger partial charge in [0.15, 0.2) is 0 Å². The van der Waals surface area contributed by atoms with Crippen LogP contribution >= 0.6 is 0 Å². The highest BCUT2D eigenvalue weighted by molar-refractivity contribution is 5.87. The Bertz CT molecular complexity index is 944. The molecule has 2 amide bonds. The maximum Gasteiger partial charge on any atom is 0.326 e. The zero-order valence-electron chi connectivity index (χ0n) is 19.7. The summed E-state index contributed by atoms with van der Waals surface area (Å²) >= 11 is 0. The van der Waals surface area contributed by atoms with Crippen molar-refractivity contribution < 1.29 is 32.7 Å². The number of nitrogens with one attached hydrogen (secondary N) is 2. The van der Waals surface area contributed by atoms with Crippen LogP contribution in [0.15, 0.2) is 28.8 Å². The molecule has 0 aliphatic heterocycles. The standard InChI is InChI=1S/C13H15F2NO3.C10H17N3O2/c1-2-3-11(13(18)19)16-12(17)6-8-4-9(14)7-10(15)5-8;1-6(2)4-12-7(3)8-5-13-10(15-8)9(11)14/h4-5,7,11H,2-3,6H2,1H3,(H,16,17)(H,18,19);5-7,12H,4H2,1-3H3,(H2,11,14). The summed E-state index contributed by atoms with van der Waals surface area (Å²) in [7, 11) is 0. The number of carbonyl (C=O) groups excluding carboxylic acids is 2. The third-order valence-electron chi connectivity index (χ3n) is 4.49. The van der Waals surface area contributed by atoms with Crippen LogP contribution in [0, 0.1) is 17.6 Å². The first-order chi connectivity index (χ1) is 15.9. The predicted octanol–water partition coefficient (Wildman–Crippen LogP) is 2.96. The van der Waals surface area contributed by atoms with Crippen LogP contribution in [0.4, 0.5) is 8.78 Å². The highest BCUT2D eigenvalue weighted by atomic mass is 19.1. The number of carboxylic acids is 1. The summed E-state index contributed by atoms with van der Waals surface area (Å²) < 4.78 is 31.0. The fourth-order valence-electron chi connectivity index (χ4n) is 2.80. The third-order valence-corrected chi connectivity index (χ3v) is 4.49. The molecule has 1 aromatic heterocycles. The van der Waals surface area contributed by atoms with Gasteiger partial charge in [-0.3, -0.25) is 9.59 Å². The molecule has 1 aromatic carbocycles. The molecule has 1 heterocycles. The van der Waals surface area contributed by atoms with Crippen LogP contribution in [0.2, 0.25) is 0 Å². The van der Waals surface area contributed by atoms with E-state index >= 15 is 0 Å². The number of oxazole rings is 1. The van der Waals surface area contributed by atoms with Crippen molar-refractivity contribution in [3.63, 3.8) is 0 Å². The molecular formula is C23H32F2N4O5. The molecule has 9 nitrogen and oxygen atoms in total. The summed E-state index contributed by atoms with van der Waals surface area (Å²) in [6.45, 7) is 8.87. The minimum Gasteiger partial charge on any atom is -0.480 e. The summed E-state index contributed by atoms with van der Waals surface area (Å²) in [5, 5.41) is 14.5. The number of carboxylic acid groups (broad SMARTS) is 1. The molecule has 0 fully saturated rings. The van der Waals surface area contributed by atoms with Crippen molar-refractivity contribution in [1.82, 2.24) is 15.6 Å². The van der Waals surface area contributed by atoms with E-state index in [9.17, 15) is 23.2 Å². The van der Waals surface area contributed by atoms with Crippen molar-refractivity contribution in [2.75, 3.05) is 6.54 Å². The van der Waals surface area contributed by atoms with Crippen LogP contribution in [-0.4, -0.2) is 40.5 Å². The Morgan fingerprint density at radius 2 is 1.76 bits per heavy atom. The number of amides is 2. The van der Waals surface area contributed by atoms with Crippen LogP contribution in [0.1, 0.15) is 68.6 Å². The Labute approximate surface area is 197 Å². The van der Waals surface area contributed by atoms with Gasteiger partial charge in [0.25, 0.3) is 5.89 Å². The third kappa shape index (κ3) is 10.5. The number of benzene rings is 1. The minimum absolute atomic E-state index is 0.0352. The number of hydrogen-bond acceptors (Lipinski definition) is 6. The number of rotatable bonds is 11. The SMILES string of the molecule is CC(C)CNC(C)c1cnc(C(N)=O)o1.CCCC(NC(=O)Cc1cc(F)cc(F)c1)C(=O)O. The fourth-order valence-corrected chi connectivity index (χ4v) is 2.80. The first kappa shape index (κ1) is 28.7. The van der Waals surface area contributed by atoms with Gasteiger partial charge in [0.05, 0.1) is 18.7 Å². The van der Waals surface area contributed by atoms with E-state index in [4.69, 9.17) is 15.3 Å². The maximum atomic E-state index is 12.9. The van der Waals surface area contributed by atoms with Gasteiger partial charge in [0.1, 0.15) is 23.4 Å². The van der Waals surface area contributed by atoms with Crippen LogP contribution in [0.5, 0.6) is 0 Å². The minimum atomic E-state index is -1.12. The number of halogens is 2. The van der Waals surface area contributed by atoms with Gasteiger partial charge in [-0.15, -0.1) is 0 Å². The summed E-state index contributed by atoms with van der Waals surface area (Å²) in [6, 6.07) is 1.85. The molecule has 0 spiro atoms. The van der Waals surface area contributed by atoms with Gasteiger partial charge in [-0.25, -0.2) is 18.6 Å². The summed E-state index contributed by atoms with van der Waals surface area (Å²) in [6.07, 6.45) is 2.17. The molecule has 5 N–H and O–H groups in total. The molecule has 34 heavy (non-hydrogen) atoms. The van der Waals surface area contributed by atoms with Crippen molar-refractivity contribution in [3.05, 3.63) is 53.2 Å². The van der Waals surface area contributed by atoms with Crippen LogP contribution in [0.25, 0.3) is 0 Å². The van der Waals surface area contributed by atoms with E-state index < -0.39 is 35.5 Å². The topological polar surface area (TPSA) is 148 Å². The van der Waals surface area contributed by atoms with Crippen LogP contribution < -0.4 is 16.4 Å². The van der Waals surface area contributed by atoms with E-state index in [1.807, 2.05) is 6.92 Å². The molecule has 188 valence electrons. The molecule has 0 aliphatic rings. The second-order valence-corrected chi connectivity index (χ2v) is 8.16. The molecule has 0 radical (unpaired) electrons. The number of nitrogens with zero attached hydrogens (tertiary/aromatic N) is 1. The Morgan fingerprint density at radius 3 is 2.24 bits per heavy atom. The first-order valence-electron chi connectivity index (χ1n) is 10.9. The molecular weight excluding hydrogens is 450 g/mol. The molecule has 11 heteroatoms. The second-order valence-electron chi connectivity index (χ2n) is 8.16. The average molecular weight is 483 g/mol.